The lowest BCUT2D eigenvalue weighted by Crippen LogP contribution is -2.24. The molecule has 1 aromatic heterocycles. The second kappa shape index (κ2) is 6.37. The summed E-state index contributed by atoms with van der Waals surface area (Å²) in [5, 5.41) is 2.95. The van der Waals surface area contributed by atoms with E-state index in [1.54, 1.807) is 44.4 Å². The van der Waals surface area contributed by atoms with Gasteiger partial charge in [-0.1, -0.05) is 23.7 Å². The summed E-state index contributed by atoms with van der Waals surface area (Å²) < 4.78 is 0. The van der Waals surface area contributed by atoms with Crippen LogP contribution in [0.25, 0.3) is 0 Å². The van der Waals surface area contributed by atoms with Crippen LogP contribution in [0.4, 0.5) is 5.69 Å². The van der Waals surface area contributed by atoms with Crippen LogP contribution in [0.3, 0.4) is 0 Å². The van der Waals surface area contributed by atoms with Crippen molar-refractivity contribution in [2.75, 3.05) is 19.4 Å². The van der Waals surface area contributed by atoms with E-state index in [4.69, 9.17) is 11.6 Å². The van der Waals surface area contributed by atoms with Crippen LogP contribution in [0.5, 0.6) is 0 Å². The van der Waals surface area contributed by atoms with Gasteiger partial charge >= 0.3 is 0 Å². The number of hydrogen-bond donors (Lipinski definition) is 1. The van der Waals surface area contributed by atoms with Crippen molar-refractivity contribution in [3.8, 4) is 0 Å². The zero-order valence-electron chi connectivity index (χ0n) is 11.6. The first-order valence-electron chi connectivity index (χ1n) is 6.22. The molecule has 0 saturated carbocycles. The number of para-hydroxylation sites is 1. The van der Waals surface area contributed by atoms with E-state index in [0.717, 1.165) is 0 Å². The smallest absolute Gasteiger partial charge is 0.255 e. The van der Waals surface area contributed by atoms with Crippen LogP contribution in [-0.2, 0) is 0 Å². The molecule has 1 heterocycles. The van der Waals surface area contributed by atoms with Gasteiger partial charge < -0.3 is 10.2 Å². The Hall–Kier alpha value is -2.40. The van der Waals surface area contributed by atoms with Gasteiger partial charge in [-0.15, -0.1) is 0 Å². The molecule has 0 atom stereocenters. The summed E-state index contributed by atoms with van der Waals surface area (Å²) >= 11 is 5.76. The topological polar surface area (TPSA) is 62.3 Å². The van der Waals surface area contributed by atoms with Crippen molar-refractivity contribution in [1.29, 1.82) is 0 Å². The second-order valence-electron chi connectivity index (χ2n) is 4.57. The van der Waals surface area contributed by atoms with Crippen molar-refractivity contribution < 1.29 is 9.59 Å². The van der Waals surface area contributed by atoms with Crippen molar-refractivity contribution in [3.63, 3.8) is 0 Å². The Morgan fingerprint density at radius 1 is 1.19 bits per heavy atom. The van der Waals surface area contributed by atoms with Gasteiger partial charge in [0.25, 0.3) is 11.8 Å². The zero-order chi connectivity index (χ0) is 15.4. The molecule has 0 bridgehead atoms. The quantitative estimate of drug-likeness (QED) is 0.887. The highest BCUT2D eigenvalue weighted by Gasteiger charge is 2.15. The standard InChI is InChI=1S/C15H14ClN3O2/c1-19(2)15(21)11-5-3-4-6-12(11)18-14(20)10-7-8-17-13(16)9-10/h3-9H,1-2H3,(H,18,20). The van der Waals surface area contributed by atoms with Gasteiger partial charge in [0.2, 0.25) is 0 Å². The minimum atomic E-state index is -0.349. The van der Waals surface area contributed by atoms with Gasteiger partial charge in [0.05, 0.1) is 11.3 Å². The van der Waals surface area contributed by atoms with Crippen LogP contribution in [0.1, 0.15) is 20.7 Å². The van der Waals surface area contributed by atoms with E-state index in [1.807, 2.05) is 0 Å². The lowest BCUT2D eigenvalue weighted by molar-refractivity contribution is 0.0828. The van der Waals surface area contributed by atoms with Crippen LogP contribution in [0.15, 0.2) is 42.6 Å². The van der Waals surface area contributed by atoms with Gasteiger partial charge in [-0.05, 0) is 24.3 Å². The fourth-order valence-corrected chi connectivity index (χ4v) is 1.93. The van der Waals surface area contributed by atoms with Crippen molar-refractivity contribution in [3.05, 3.63) is 58.9 Å². The number of pyridine rings is 1. The van der Waals surface area contributed by atoms with Gasteiger partial charge in [-0.2, -0.15) is 0 Å². The number of nitrogens with zero attached hydrogens (tertiary/aromatic N) is 2. The molecule has 2 rings (SSSR count). The van der Waals surface area contributed by atoms with E-state index >= 15 is 0 Å². The molecule has 0 aliphatic heterocycles. The van der Waals surface area contributed by atoms with E-state index in [2.05, 4.69) is 10.3 Å². The van der Waals surface area contributed by atoms with Gasteiger partial charge in [0, 0.05) is 25.9 Å². The Kier molecular flexibility index (Phi) is 4.55. The maximum absolute atomic E-state index is 12.2. The molecule has 6 heteroatoms. The largest absolute Gasteiger partial charge is 0.345 e. The lowest BCUT2D eigenvalue weighted by Gasteiger charge is -2.14. The molecule has 1 aromatic carbocycles. The fraction of sp³-hybridized carbons (Fsp3) is 0.133. The Morgan fingerprint density at radius 2 is 1.90 bits per heavy atom. The van der Waals surface area contributed by atoms with Gasteiger partial charge in [-0.3, -0.25) is 9.59 Å². The van der Waals surface area contributed by atoms with Crippen molar-refractivity contribution >= 4 is 29.1 Å². The van der Waals surface area contributed by atoms with E-state index in [0.29, 0.717) is 16.8 Å². The van der Waals surface area contributed by atoms with E-state index < -0.39 is 0 Å². The average molecular weight is 304 g/mol. The molecule has 0 aliphatic rings. The summed E-state index contributed by atoms with van der Waals surface area (Å²) in [5.74, 6) is -0.531. The number of nitrogens with one attached hydrogen (secondary N) is 1. The normalized spacial score (nSPS) is 10.0. The first-order chi connectivity index (χ1) is 9.99. The third-order valence-corrected chi connectivity index (χ3v) is 3.01. The highest BCUT2D eigenvalue weighted by atomic mass is 35.5. The number of halogens is 1. The zero-order valence-corrected chi connectivity index (χ0v) is 12.4. The predicted octanol–water partition coefficient (Wildman–Crippen LogP) is 2.69. The summed E-state index contributed by atoms with van der Waals surface area (Å²) in [6.07, 6.45) is 1.45. The SMILES string of the molecule is CN(C)C(=O)c1ccccc1NC(=O)c1ccnc(Cl)c1. The number of anilines is 1. The molecule has 5 nitrogen and oxygen atoms in total. The number of carbonyl (C=O) groups is 2. The maximum atomic E-state index is 12.2. The van der Waals surface area contributed by atoms with Crippen LogP contribution >= 0.6 is 11.6 Å². The number of aromatic nitrogens is 1. The molecular formula is C15H14ClN3O2. The molecule has 2 aromatic rings. The average Bonchev–Trinajstić information content (AvgIpc) is 2.47. The summed E-state index contributed by atoms with van der Waals surface area (Å²) in [4.78, 5) is 29.5. The molecule has 0 spiro atoms. The molecule has 1 N–H and O–H groups in total. The summed E-state index contributed by atoms with van der Waals surface area (Å²) in [6, 6.07) is 9.86. The van der Waals surface area contributed by atoms with Crippen LogP contribution in [-0.4, -0.2) is 35.8 Å². The summed E-state index contributed by atoms with van der Waals surface area (Å²) in [6.45, 7) is 0. The Bertz CT molecular complexity index is 686. The Morgan fingerprint density at radius 3 is 2.57 bits per heavy atom. The first-order valence-corrected chi connectivity index (χ1v) is 6.60. The Labute approximate surface area is 127 Å². The van der Waals surface area contributed by atoms with Crippen LogP contribution in [0, 0.1) is 0 Å². The third kappa shape index (κ3) is 3.58. The summed E-state index contributed by atoms with van der Waals surface area (Å²) in [7, 11) is 3.31. The van der Waals surface area contributed by atoms with Gasteiger partial charge in [0.15, 0.2) is 0 Å². The highest BCUT2D eigenvalue weighted by molar-refractivity contribution is 6.29. The number of rotatable bonds is 3. The molecule has 0 radical (unpaired) electrons. The second-order valence-corrected chi connectivity index (χ2v) is 4.95. The number of amides is 2. The van der Waals surface area contributed by atoms with Crippen LogP contribution in [0.2, 0.25) is 5.15 Å². The van der Waals surface area contributed by atoms with Crippen molar-refractivity contribution in [1.82, 2.24) is 9.88 Å². The van der Waals surface area contributed by atoms with Gasteiger partial charge in [-0.25, -0.2) is 4.98 Å². The monoisotopic (exact) mass is 303 g/mol. The van der Waals surface area contributed by atoms with Crippen molar-refractivity contribution in [2.24, 2.45) is 0 Å². The summed E-state index contributed by atoms with van der Waals surface area (Å²) in [5.41, 5.74) is 1.26. The van der Waals surface area contributed by atoms with E-state index in [1.165, 1.54) is 17.2 Å². The Balaban J connectivity index is 2.28. The number of carbonyl (C=O) groups excluding carboxylic acids is 2. The molecule has 108 valence electrons. The molecule has 0 aliphatic carbocycles. The first kappa shape index (κ1) is 15.0. The minimum absolute atomic E-state index is 0.182. The third-order valence-electron chi connectivity index (χ3n) is 2.80. The fourth-order valence-electron chi connectivity index (χ4n) is 1.76. The molecular weight excluding hydrogens is 290 g/mol. The molecule has 0 unspecified atom stereocenters. The van der Waals surface area contributed by atoms with Crippen molar-refractivity contribution in [2.45, 2.75) is 0 Å². The number of hydrogen-bond acceptors (Lipinski definition) is 3. The number of benzene rings is 1. The molecule has 2 amide bonds. The van der Waals surface area contributed by atoms with Gasteiger partial charge in [0.1, 0.15) is 5.15 Å². The molecule has 0 fully saturated rings. The highest BCUT2D eigenvalue weighted by Crippen LogP contribution is 2.18. The molecule has 21 heavy (non-hydrogen) atoms. The van der Waals surface area contributed by atoms with E-state index in [9.17, 15) is 9.59 Å². The van der Waals surface area contributed by atoms with E-state index in [-0.39, 0.29) is 17.0 Å². The molecule has 0 saturated heterocycles. The maximum Gasteiger partial charge on any atom is 0.255 e. The minimum Gasteiger partial charge on any atom is -0.345 e. The predicted molar refractivity (Wildman–Crippen MR) is 81.7 cm³/mol. The van der Waals surface area contributed by atoms with Crippen LogP contribution < -0.4 is 5.32 Å². The lowest BCUT2D eigenvalue weighted by atomic mass is 10.1.